The van der Waals surface area contributed by atoms with E-state index in [-0.39, 0.29) is 4.90 Å². The molecule has 1 unspecified atom stereocenters. The van der Waals surface area contributed by atoms with Gasteiger partial charge < -0.3 is 10.3 Å². The SMILES string of the molecule is CCC(NS(=O)(=O)c1c(CNC)n[nH]c1C)c1ncc[nH]1. The van der Waals surface area contributed by atoms with Crippen LogP contribution in [0.4, 0.5) is 0 Å². The Balaban J connectivity index is 2.32. The summed E-state index contributed by atoms with van der Waals surface area (Å²) >= 11 is 0. The third-order valence-electron chi connectivity index (χ3n) is 3.13. The lowest BCUT2D eigenvalue weighted by Gasteiger charge is -2.15. The zero-order valence-electron chi connectivity index (χ0n) is 12.3. The summed E-state index contributed by atoms with van der Waals surface area (Å²) in [6.45, 7) is 3.96. The fourth-order valence-electron chi connectivity index (χ4n) is 2.16. The standard InChI is InChI=1S/C12H20N6O2S/c1-4-9(12-14-5-6-15-12)18-21(19,20)11-8(2)16-17-10(11)7-13-3/h5-6,9,13,18H,4,7H2,1-3H3,(H,14,15)(H,16,17). The molecule has 0 saturated carbocycles. The number of H-pyrrole nitrogens is 2. The molecule has 2 aromatic heterocycles. The topological polar surface area (TPSA) is 116 Å². The van der Waals surface area contributed by atoms with Crippen molar-refractivity contribution in [3.05, 3.63) is 29.6 Å². The average molecular weight is 312 g/mol. The van der Waals surface area contributed by atoms with Gasteiger partial charge in [-0.15, -0.1) is 0 Å². The van der Waals surface area contributed by atoms with Crippen molar-refractivity contribution in [1.82, 2.24) is 30.2 Å². The van der Waals surface area contributed by atoms with Gasteiger partial charge in [0, 0.05) is 18.9 Å². The van der Waals surface area contributed by atoms with Crippen molar-refractivity contribution in [3.8, 4) is 0 Å². The third kappa shape index (κ3) is 3.31. The van der Waals surface area contributed by atoms with Crippen LogP contribution in [0.15, 0.2) is 17.3 Å². The molecule has 0 fully saturated rings. The molecule has 8 nitrogen and oxygen atoms in total. The molecule has 0 bridgehead atoms. The third-order valence-corrected chi connectivity index (χ3v) is 4.80. The molecule has 2 aromatic rings. The highest BCUT2D eigenvalue weighted by Gasteiger charge is 2.27. The maximum atomic E-state index is 12.6. The first-order valence-electron chi connectivity index (χ1n) is 6.69. The van der Waals surface area contributed by atoms with Gasteiger partial charge in [0.25, 0.3) is 0 Å². The van der Waals surface area contributed by atoms with Crippen molar-refractivity contribution in [2.45, 2.75) is 37.8 Å². The van der Waals surface area contributed by atoms with Gasteiger partial charge >= 0.3 is 0 Å². The molecule has 0 spiro atoms. The van der Waals surface area contributed by atoms with Crippen LogP contribution in [-0.2, 0) is 16.6 Å². The van der Waals surface area contributed by atoms with E-state index in [0.29, 0.717) is 30.2 Å². The largest absolute Gasteiger partial charge is 0.347 e. The fourth-order valence-corrected chi connectivity index (χ4v) is 3.81. The second-order valence-electron chi connectivity index (χ2n) is 4.71. The Hall–Kier alpha value is -1.71. The van der Waals surface area contributed by atoms with Gasteiger partial charge in [0.2, 0.25) is 10.0 Å². The van der Waals surface area contributed by atoms with E-state index in [0.717, 1.165) is 0 Å². The lowest BCUT2D eigenvalue weighted by molar-refractivity contribution is 0.537. The van der Waals surface area contributed by atoms with Crippen molar-refractivity contribution in [2.24, 2.45) is 0 Å². The van der Waals surface area contributed by atoms with Crippen molar-refractivity contribution < 1.29 is 8.42 Å². The van der Waals surface area contributed by atoms with Crippen LogP contribution < -0.4 is 10.0 Å². The zero-order valence-corrected chi connectivity index (χ0v) is 13.1. The summed E-state index contributed by atoms with van der Waals surface area (Å²) in [6.07, 6.45) is 3.86. The molecule has 0 radical (unpaired) electrons. The number of aromatic amines is 2. The quantitative estimate of drug-likeness (QED) is 0.597. The van der Waals surface area contributed by atoms with Crippen LogP contribution in [-0.4, -0.2) is 35.6 Å². The van der Waals surface area contributed by atoms with Crippen molar-refractivity contribution >= 4 is 10.0 Å². The summed E-state index contributed by atoms with van der Waals surface area (Å²) < 4.78 is 27.9. The number of nitrogens with one attached hydrogen (secondary N) is 4. The van der Waals surface area contributed by atoms with E-state index in [1.165, 1.54) is 0 Å². The molecule has 1 atom stereocenters. The second kappa shape index (κ2) is 6.37. The van der Waals surface area contributed by atoms with Gasteiger partial charge in [-0.2, -0.15) is 5.10 Å². The molecule has 4 N–H and O–H groups in total. The van der Waals surface area contributed by atoms with Gasteiger partial charge in [0.1, 0.15) is 10.7 Å². The highest BCUT2D eigenvalue weighted by Crippen LogP contribution is 2.21. The predicted octanol–water partition coefficient (Wildman–Crippen LogP) is 0.590. The molecule has 21 heavy (non-hydrogen) atoms. The maximum Gasteiger partial charge on any atom is 0.244 e. The number of hydrogen-bond donors (Lipinski definition) is 4. The van der Waals surface area contributed by atoms with E-state index in [9.17, 15) is 8.42 Å². The van der Waals surface area contributed by atoms with E-state index in [2.05, 4.69) is 30.2 Å². The van der Waals surface area contributed by atoms with E-state index < -0.39 is 16.1 Å². The predicted molar refractivity (Wildman–Crippen MR) is 78.0 cm³/mol. The molecule has 116 valence electrons. The molecule has 0 aliphatic carbocycles. The summed E-state index contributed by atoms with van der Waals surface area (Å²) in [5.74, 6) is 0.595. The molecule has 0 aliphatic rings. The fraction of sp³-hybridized carbons (Fsp3) is 0.500. The number of hydrogen-bond acceptors (Lipinski definition) is 5. The average Bonchev–Trinajstić information content (AvgIpc) is 3.07. The maximum absolute atomic E-state index is 12.6. The van der Waals surface area contributed by atoms with Crippen LogP contribution in [0.3, 0.4) is 0 Å². The van der Waals surface area contributed by atoms with Gasteiger partial charge in [-0.1, -0.05) is 6.92 Å². The van der Waals surface area contributed by atoms with E-state index in [1.807, 2.05) is 6.92 Å². The second-order valence-corrected chi connectivity index (χ2v) is 6.36. The highest BCUT2D eigenvalue weighted by atomic mass is 32.2. The lowest BCUT2D eigenvalue weighted by atomic mass is 10.2. The van der Waals surface area contributed by atoms with Crippen LogP contribution in [0.1, 0.15) is 36.6 Å². The Bertz CT molecular complexity index is 677. The van der Waals surface area contributed by atoms with Crippen LogP contribution in [0, 0.1) is 6.92 Å². The number of nitrogens with zero attached hydrogens (tertiary/aromatic N) is 2. The van der Waals surface area contributed by atoms with Gasteiger partial charge in [-0.05, 0) is 20.4 Å². The molecular weight excluding hydrogens is 292 g/mol. The number of sulfonamides is 1. The Morgan fingerprint density at radius 3 is 2.76 bits per heavy atom. The van der Waals surface area contributed by atoms with Crippen LogP contribution >= 0.6 is 0 Å². The first kappa shape index (κ1) is 15.7. The van der Waals surface area contributed by atoms with Gasteiger partial charge in [0.05, 0.1) is 17.4 Å². The summed E-state index contributed by atoms with van der Waals surface area (Å²) in [6, 6.07) is -0.401. The van der Waals surface area contributed by atoms with E-state index in [1.54, 1.807) is 26.4 Å². The molecule has 0 saturated heterocycles. The summed E-state index contributed by atoms with van der Waals surface area (Å²) in [5, 5.41) is 9.67. The zero-order chi connectivity index (χ0) is 15.5. The smallest absolute Gasteiger partial charge is 0.244 e. The van der Waals surface area contributed by atoms with Crippen LogP contribution in [0.5, 0.6) is 0 Å². The van der Waals surface area contributed by atoms with Gasteiger partial charge in [-0.25, -0.2) is 18.1 Å². The molecule has 0 aromatic carbocycles. The molecule has 2 heterocycles. The highest BCUT2D eigenvalue weighted by molar-refractivity contribution is 7.89. The van der Waals surface area contributed by atoms with Crippen molar-refractivity contribution in [3.63, 3.8) is 0 Å². The number of imidazole rings is 1. The minimum Gasteiger partial charge on any atom is -0.347 e. The first-order valence-corrected chi connectivity index (χ1v) is 8.18. The van der Waals surface area contributed by atoms with E-state index >= 15 is 0 Å². The lowest BCUT2D eigenvalue weighted by Crippen LogP contribution is -2.30. The van der Waals surface area contributed by atoms with Crippen LogP contribution in [0.2, 0.25) is 0 Å². The van der Waals surface area contributed by atoms with Crippen molar-refractivity contribution in [2.75, 3.05) is 7.05 Å². The normalized spacial score (nSPS) is 13.5. The Kier molecular flexibility index (Phi) is 4.76. The monoisotopic (exact) mass is 312 g/mol. The summed E-state index contributed by atoms with van der Waals surface area (Å²) in [5.41, 5.74) is 0.985. The minimum absolute atomic E-state index is 0.196. The Labute approximate surface area is 123 Å². The molecule has 2 rings (SSSR count). The minimum atomic E-state index is -3.68. The number of aromatic nitrogens is 4. The molecule has 0 aliphatic heterocycles. The van der Waals surface area contributed by atoms with Crippen LogP contribution in [0.25, 0.3) is 0 Å². The molecule has 0 amide bonds. The van der Waals surface area contributed by atoms with Crippen molar-refractivity contribution in [1.29, 1.82) is 0 Å². The summed E-state index contributed by atoms with van der Waals surface area (Å²) in [7, 11) is -1.94. The Morgan fingerprint density at radius 2 is 2.19 bits per heavy atom. The Morgan fingerprint density at radius 1 is 1.43 bits per heavy atom. The van der Waals surface area contributed by atoms with Gasteiger partial charge in [-0.3, -0.25) is 5.10 Å². The van der Waals surface area contributed by atoms with E-state index in [4.69, 9.17) is 0 Å². The first-order chi connectivity index (χ1) is 9.99. The molecular formula is C12H20N6O2S. The number of aryl methyl sites for hydroxylation is 1. The number of rotatable bonds is 7. The molecule has 9 heteroatoms. The van der Waals surface area contributed by atoms with Gasteiger partial charge in [0.15, 0.2) is 0 Å². The summed E-state index contributed by atoms with van der Waals surface area (Å²) in [4.78, 5) is 7.25.